The van der Waals surface area contributed by atoms with Crippen molar-refractivity contribution < 1.29 is 14.3 Å². The summed E-state index contributed by atoms with van der Waals surface area (Å²) in [6, 6.07) is 16.5. The van der Waals surface area contributed by atoms with Crippen LogP contribution in [0.15, 0.2) is 60.8 Å². The van der Waals surface area contributed by atoms with E-state index < -0.39 is 5.60 Å². The van der Waals surface area contributed by atoms with Crippen LogP contribution in [0, 0.1) is 5.92 Å². The number of carbonyl (C=O) groups is 2. The molecule has 2 atom stereocenters. The molecule has 0 saturated heterocycles. The first-order valence-electron chi connectivity index (χ1n) is 12.9. The molecule has 0 unspecified atom stereocenters. The fourth-order valence-electron chi connectivity index (χ4n) is 5.64. The molecule has 0 N–H and O–H groups in total. The molecule has 0 radical (unpaired) electrons. The zero-order chi connectivity index (χ0) is 25.6. The first-order chi connectivity index (χ1) is 17.2. The molecule has 188 valence electrons. The largest absolute Gasteiger partial charge is 0.443 e. The minimum Gasteiger partial charge on any atom is -0.443 e. The Bertz CT molecular complexity index is 1330. The predicted octanol–water partition coefficient (Wildman–Crippen LogP) is 5.74. The molecule has 3 aromatic rings. The number of hydrogen-bond donors (Lipinski definition) is 0. The van der Waals surface area contributed by atoms with Crippen LogP contribution in [0.2, 0.25) is 0 Å². The van der Waals surface area contributed by atoms with Crippen molar-refractivity contribution in [1.82, 2.24) is 9.47 Å². The number of hydrogen-bond acceptors (Lipinski definition) is 4. The summed E-state index contributed by atoms with van der Waals surface area (Å²) < 4.78 is 7.35. The SMILES string of the molecule is CCN(CC)C(=O)[C@@H]1C=C2c3cccc4c3c(cn4C(=O)OC(C)(C)C)C[C@H]2N(c2ccccc2)C1. The molecule has 36 heavy (non-hydrogen) atoms. The molecule has 1 amide bonds. The van der Waals surface area contributed by atoms with Gasteiger partial charge in [-0.05, 0) is 75.9 Å². The summed E-state index contributed by atoms with van der Waals surface area (Å²) in [5.74, 6) is -0.0720. The predicted molar refractivity (Wildman–Crippen MR) is 144 cm³/mol. The molecule has 6 nitrogen and oxygen atoms in total. The highest BCUT2D eigenvalue weighted by atomic mass is 16.6. The third-order valence-electron chi connectivity index (χ3n) is 7.21. The molecule has 1 aliphatic heterocycles. The Morgan fingerprint density at radius 3 is 2.42 bits per heavy atom. The zero-order valence-electron chi connectivity index (χ0n) is 21.8. The van der Waals surface area contributed by atoms with Gasteiger partial charge in [0.05, 0.1) is 17.5 Å². The molecule has 0 saturated carbocycles. The summed E-state index contributed by atoms with van der Waals surface area (Å²) in [6.07, 6.45) is 4.52. The lowest BCUT2D eigenvalue weighted by atomic mass is 9.79. The van der Waals surface area contributed by atoms with Crippen LogP contribution in [-0.4, -0.2) is 52.7 Å². The zero-order valence-corrected chi connectivity index (χ0v) is 21.8. The van der Waals surface area contributed by atoms with Gasteiger partial charge in [-0.15, -0.1) is 0 Å². The highest BCUT2D eigenvalue weighted by Gasteiger charge is 2.39. The Hall–Kier alpha value is -3.54. The maximum absolute atomic E-state index is 13.5. The number of amides is 1. The van der Waals surface area contributed by atoms with E-state index in [-0.39, 0.29) is 24.0 Å². The lowest BCUT2D eigenvalue weighted by Gasteiger charge is -2.43. The number of rotatable bonds is 4. The molecule has 0 bridgehead atoms. The smallest absolute Gasteiger partial charge is 0.419 e. The highest BCUT2D eigenvalue weighted by Crippen LogP contribution is 2.43. The molecule has 5 rings (SSSR count). The quantitative estimate of drug-likeness (QED) is 0.473. The van der Waals surface area contributed by atoms with E-state index in [1.807, 2.05) is 76.0 Å². The number of nitrogens with zero attached hydrogens (tertiary/aromatic N) is 3. The molecule has 1 aliphatic carbocycles. The number of anilines is 1. The minimum atomic E-state index is -0.579. The summed E-state index contributed by atoms with van der Waals surface area (Å²) in [7, 11) is 0. The van der Waals surface area contributed by atoms with Crippen LogP contribution in [0.4, 0.5) is 10.5 Å². The summed E-state index contributed by atoms with van der Waals surface area (Å²) in [4.78, 5) is 30.9. The lowest BCUT2D eigenvalue weighted by Crippen LogP contribution is -2.49. The van der Waals surface area contributed by atoms with Gasteiger partial charge in [0.15, 0.2) is 0 Å². The number of fused-ring (bicyclic) bond motifs is 2. The second kappa shape index (κ2) is 9.16. The average molecular weight is 486 g/mol. The van der Waals surface area contributed by atoms with Gasteiger partial charge in [0.25, 0.3) is 0 Å². The molecular weight excluding hydrogens is 450 g/mol. The Morgan fingerprint density at radius 1 is 1.03 bits per heavy atom. The van der Waals surface area contributed by atoms with Gasteiger partial charge in [0, 0.05) is 36.9 Å². The number of benzene rings is 2. The van der Waals surface area contributed by atoms with Crippen molar-refractivity contribution in [3.8, 4) is 0 Å². The van der Waals surface area contributed by atoms with Crippen molar-refractivity contribution in [2.24, 2.45) is 5.92 Å². The van der Waals surface area contributed by atoms with Crippen molar-refractivity contribution in [2.45, 2.75) is 52.7 Å². The first-order valence-corrected chi connectivity index (χ1v) is 12.9. The summed E-state index contributed by atoms with van der Waals surface area (Å²) in [6.45, 7) is 11.7. The van der Waals surface area contributed by atoms with E-state index >= 15 is 0 Å². The Labute approximate surface area is 213 Å². The monoisotopic (exact) mass is 485 g/mol. The molecule has 1 aromatic heterocycles. The van der Waals surface area contributed by atoms with Crippen LogP contribution >= 0.6 is 0 Å². The third kappa shape index (κ3) is 4.19. The fourth-order valence-corrected chi connectivity index (χ4v) is 5.64. The van der Waals surface area contributed by atoms with Crippen molar-refractivity contribution >= 4 is 34.2 Å². The second-order valence-electron chi connectivity index (χ2n) is 10.7. The molecular formula is C30H35N3O3. The summed E-state index contributed by atoms with van der Waals surface area (Å²) in [5, 5.41) is 1.08. The maximum atomic E-state index is 13.5. The number of ether oxygens (including phenoxy) is 1. The van der Waals surface area contributed by atoms with E-state index in [4.69, 9.17) is 4.74 Å². The Balaban J connectivity index is 1.65. The standard InChI is InChI=1S/C30H35N3O3/c1-6-31(7-2)28(34)21-16-24-23-14-11-15-25-27(23)20(18-33(25)29(35)36-30(3,4)5)17-26(24)32(19-21)22-12-9-8-10-13-22/h8-16,18,21,26H,6-7,17,19H2,1-5H3/t21-,26-/m1/s1. The van der Waals surface area contributed by atoms with Gasteiger partial charge in [-0.3, -0.25) is 9.36 Å². The van der Waals surface area contributed by atoms with Crippen molar-refractivity contribution in [3.05, 3.63) is 71.9 Å². The molecule has 6 heteroatoms. The molecule has 0 fully saturated rings. The van der Waals surface area contributed by atoms with Gasteiger partial charge >= 0.3 is 6.09 Å². The fraction of sp³-hybridized carbons (Fsp3) is 0.400. The Morgan fingerprint density at radius 2 is 1.75 bits per heavy atom. The molecule has 2 aliphatic rings. The van der Waals surface area contributed by atoms with E-state index in [1.54, 1.807) is 4.57 Å². The second-order valence-corrected chi connectivity index (χ2v) is 10.7. The van der Waals surface area contributed by atoms with E-state index in [2.05, 4.69) is 29.2 Å². The highest BCUT2D eigenvalue weighted by molar-refractivity contribution is 6.03. The Kier molecular flexibility index (Phi) is 6.15. The maximum Gasteiger partial charge on any atom is 0.419 e. The van der Waals surface area contributed by atoms with E-state index in [0.29, 0.717) is 19.6 Å². The average Bonchev–Trinajstić information content (AvgIpc) is 3.24. The van der Waals surface area contributed by atoms with Crippen LogP contribution in [0.5, 0.6) is 0 Å². The van der Waals surface area contributed by atoms with E-state index in [9.17, 15) is 9.59 Å². The molecule has 2 aromatic carbocycles. The van der Waals surface area contributed by atoms with Crippen LogP contribution in [0.3, 0.4) is 0 Å². The van der Waals surface area contributed by atoms with Gasteiger partial charge < -0.3 is 14.5 Å². The van der Waals surface area contributed by atoms with Crippen molar-refractivity contribution in [3.63, 3.8) is 0 Å². The van der Waals surface area contributed by atoms with Gasteiger partial charge in [0.2, 0.25) is 5.91 Å². The lowest BCUT2D eigenvalue weighted by molar-refractivity contribution is -0.133. The van der Waals surface area contributed by atoms with E-state index in [0.717, 1.165) is 39.7 Å². The normalized spacial score (nSPS) is 19.0. The van der Waals surface area contributed by atoms with Crippen LogP contribution < -0.4 is 4.90 Å². The number of para-hydroxylation sites is 1. The van der Waals surface area contributed by atoms with Crippen LogP contribution in [0.25, 0.3) is 16.5 Å². The minimum absolute atomic E-state index is 0.0840. The van der Waals surface area contributed by atoms with Crippen LogP contribution in [0.1, 0.15) is 45.7 Å². The summed E-state index contributed by atoms with van der Waals surface area (Å²) >= 11 is 0. The molecule has 2 heterocycles. The van der Waals surface area contributed by atoms with Gasteiger partial charge in [-0.1, -0.05) is 36.4 Å². The first kappa shape index (κ1) is 24.2. The van der Waals surface area contributed by atoms with E-state index in [1.165, 1.54) is 0 Å². The molecule has 0 spiro atoms. The van der Waals surface area contributed by atoms with Crippen LogP contribution in [-0.2, 0) is 16.0 Å². The van der Waals surface area contributed by atoms with Gasteiger partial charge in [-0.2, -0.15) is 0 Å². The van der Waals surface area contributed by atoms with Crippen molar-refractivity contribution in [1.29, 1.82) is 0 Å². The van der Waals surface area contributed by atoms with Gasteiger partial charge in [-0.25, -0.2) is 4.79 Å². The number of carbonyl (C=O) groups excluding carboxylic acids is 2. The third-order valence-corrected chi connectivity index (χ3v) is 7.21. The summed E-state index contributed by atoms with van der Waals surface area (Å²) in [5.41, 5.74) is 4.76. The topological polar surface area (TPSA) is 54.8 Å². The van der Waals surface area contributed by atoms with Crippen molar-refractivity contribution in [2.75, 3.05) is 24.5 Å². The van der Waals surface area contributed by atoms with Gasteiger partial charge in [0.1, 0.15) is 5.60 Å². The number of aromatic nitrogens is 1.